The lowest BCUT2D eigenvalue weighted by Crippen LogP contribution is -2.49. The molecule has 0 N–H and O–H groups in total. The fourth-order valence-electron chi connectivity index (χ4n) is 3.19. The van der Waals surface area contributed by atoms with Gasteiger partial charge in [-0.3, -0.25) is 9.59 Å². The van der Waals surface area contributed by atoms with E-state index in [0.29, 0.717) is 5.57 Å². The molecule has 0 radical (unpaired) electrons. The smallest absolute Gasteiger partial charge is 0.163 e. The Kier molecular flexibility index (Phi) is 4.13. The summed E-state index contributed by atoms with van der Waals surface area (Å²) in [6.07, 6.45) is 1.61. The molecule has 0 saturated heterocycles. The topological polar surface area (TPSA) is 34.1 Å². The zero-order chi connectivity index (χ0) is 16.1. The number of hydrogen-bond acceptors (Lipinski definition) is 2. The van der Waals surface area contributed by atoms with Crippen molar-refractivity contribution in [3.05, 3.63) is 11.6 Å². The van der Waals surface area contributed by atoms with E-state index in [-0.39, 0.29) is 39.6 Å². The van der Waals surface area contributed by atoms with E-state index >= 15 is 0 Å². The quantitative estimate of drug-likeness (QED) is 0.656. The summed E-state index contributed by atoms with van der Waals surface area (Å²) in [6, 6.07) is 0. The van der Waals surface area contributed by atoms with Crippen LogP contribution < -0.4 is 0 Å². The highest BCUT2D eigenvalue weighted by molar-refractivity contribution is 6.11. The van der Waals surface area contributed by atoms with Crippen molar-refractivity contribution in [1.82, 2.24) is 0 Å². The zero-order valence-corrected chi connectivity index (χ0v) is 14.5. The molecule has 2 nitrogen and oxygen atoms in total. The predicted molar refractivity (Wildman–Crippen MR) is 83.4 cm³/mol. The van der Waals surface area contributed by atoms with Gasteiger partial charge in [-0.05, 0) is 22.3 Å². The summed E-state index contributed by atoms with van der Waals surface area (Å²) in [4.78, 5) is 25.7. The van der Waals surface area contributed by atoms with E-state index in [0.717, 1.165) is 0 Å². The molecular weight excluding hydrogens is 248 g/mol. The third-order valence-electron chi connectivity index (χ3n) is 4.15. The Labute approximate surface area is 124 Å². The number of carbonyl (C=O) groups is 2. The van der Waals surface area contributed by atoms with Crippen LogP contribution in [0, 0.1) is 28.1 Å². The first-order chi connectivity index (χ1) is 8.67. The molecule has 0 heterocycles. The van der Waals surface area contributed by atoms with Crippen molar-refractivity contribution in [2.45, 2.75) is 62.3 Å². The highest BCUT2D eigenvalue weighted by Crippen LogP contribution is 2.48. The van der Waals surface area contributed by atoms with Crippen molar-refractivity contribution >= 4 is 11.6 Å². The van der Waals surface area contributed by atoms with Crippen LogP contribution in [0.4, 0.5) is 0 Å². The monoisotopic (exact) mass is 278 g/mol. The summed E-state index contributed by atoms with van der Waals surface area (Å²) in [5, 5.41) is 0. The number of allylic oxidation sites excluding steroid dienone is 2. The molecule has 0 fully saturated rings. The van der Waals surface area contributed by atoms with Gasteiger partial charge >= 0.3 is 0 Å². The molecule has 0 aliphatic heterocycles. The molecular formula is C18H30O2. The molecule has 0 bridgehead atoms. The fourth-order valence-corrected chi connectivity index (χ4v) is 3.19. The highest BCUT2D eigenvalue weighted by Gasteiger charge is 2.50. The van der Waals surface area contributed by atoms with Crippen molar-refractivity contribution in [2.24, 2.45) is 28.1 Å². The molecule has 0 saturated carbocycles. The maximum Gasteiger partial charge on any atom is 0.163 e. The van der Waals surface area contributed by atoms with Crippen molar-refractivity contribution in [1.29, 1.82) is 0 Å². The first kappa shape index (κ1) is 17.1. The Morgan fingerprint density at radius 1 is 0.750 bits per heavy atom. The van der Waals surface area contributed by atoms with Gasteiger partial charge < -0.3 is 0 Å². The average Bonchev–Trinajstić information content (AvgIpc) is 2.14. The summed E-state index contributed by atoms with van der Waals surface area (Å²) in [5.74, 6) is -0.207. The molecule has 0 spiro atoms. The number of carbonyl (C=O) groups excluding carboxylic acids is 2. The standard InChI is InChI=1S/C18H30O2/c1-16(2,3)11-10-12(19)13(17(4,5)6)14(15(11)20)18(7,8)9/h10,13-14H,1-9H3. The molecule has 20 heavy (non-hydrogen) atoms. The molecule has 114 valence electrons. The molecule has 2 heteroatoms. The number of ketones is 2. The Bertz CT molecular complexity index is 447. The Morgan fingerprint density at radius 3 is 1.45 bits per heavy atom. The van der Waals surface area contributed by atoms with E-state index in [1.54, 1.807) is 6.08 Å². The van der Waals surface area contributed by atoms with Gasteiger partial charge in [-0.25, -0.2) is 0 Å². The van der Waals surface area contributed by atoms with Crippen molar-refractivity contribution in [3.8, 4) is 0 Å². The minimum atomic E-state index is -0.279. The summed E-state index contributed by atoms with van der Waals surface area (Å²) >= 11 is 0. The summed E-state index contributed by atoms with van der Waals surface area (Å²) in [6.45, 7) is 18.4. The minimum absolute atomic E-state index is 0.113. The molecule has 1 aliphatic carbocycles. The van der Waals surface area contributed by atoms with Crippen molar-refractivity contribution in [2.75, 3.05) is 0 Å². The molecule has 0 aromatic rings. The van der Waals surface area contributed by atoms with E-state index in [1.807, 2.05) is 20.8 Å². The zero-order valence-electron chi connectivity index (χ0n) is 14.5. The molecule has 1 aliphatic rings. The van der Waals surface area contributed by atoms with E-state index in [9.17, 15) is 9.59 Å². The SMILES string of the molecule is CC(C)(C)C1=CC(=O)C(C(C)(C)C)C(C(C)(C)C)C1=O. The Hall–Kier alpha value is -0.920. The lowest BCUT2D eigenvalue weighted by Gasteiger charge is -2.45. The van der Waals surface area contributed by atoms with Crippen LogP contribution in [-0.4, -0.2) is 11.6 Å². The Morgan fingerprint density at radius 2 is 1.15 bits per heavy atom. The molecule has 2 atom stereocenters. The van der Waals surface area contributed by atoms with Gasteiger partial charge in [0.1, 0.15) is 0 Å². The van der Waals surface area contributed by atoms with Crippen LogP contribution in [0.1, 0.15) is 62.3 Å². The second kappa shape index (κ2) is 4.82. The molecule has 0 amide bonds. The summed E-state index contributed by atoms with van der Waals surface area (Å²) in [7, 11) is 0. The maximum absolute atomic E-state index is 13.0. The Balaban J connectivity index is 3.48. The van der Waals surface area contributed by atoms with Gasteiger partial charge in [0.25, 0.3) is 0 Å². The van der Waals surface area contributed by atoms with Crippen LogP contribution in [0.5, 0.6) is 0 Å². The predicted octanol–water partition coefficient (Wildman–Crippen LogP) is 4.44. The summed E-state index contributed by atoms with van der Waals surface area (Å²) in [5.41, 5.74) is -0.0120. The largest absolute Gasteiger partial charge is 0.294 e. The van der Waals surface area contributed by atoms with E-state index < -0.39 is 0 Å². The van der Waals surface area contributed by atoms with Gasteiger partial charge in [0, 0.05) is 17.4 Å². The van der Waals surface area contributed by atoms with E-state index in [4.69, 9.17) is 0 Å². The summed E-state index contributed by atoms with van der Waals surface area (Å²) < 4.78 is 0. The van der Waals surface area contributed by atoms with E-state index in [2.05, 4.69) is 41.5 Å². The second-order valence-electron chi connectivity index (χ2n) is 9.26. The van der Waals surface area contributed by atoms with E-state index in [1.165, 1.54) is 0 Å². The maximum atomic E-state index is 13.0. The third kappa shape index (κ3) is 3.21. The molecule has 0 aromatic heterocycles. The van der Waals surface area contributed by atoms with Crippen LogP contribution in [0.15, 0.2) is 11.6 Å². The highest BCUT2D eigenvalue weighted by atomic mass is 16.1. The van der Waals surface area contributed by atoms with Crippen LogP contribution in [-0.2, 0) is 9.59 Å². The van der Waals surface area contributed by atoms with Crippen LogP contribution >= 0.6 is 0 Å². The molecule has 1 rings (SSSR count). The van der Waals surface area contributed by atoms with Gasteiger partial charge in [-0.15, -0.1) is 0 Å². The molecule has 0 aromatic carbocycles. The normalized spacial score (nSPS) is 25.8. The van der Waals surface area contributed by atoms with Crippen molar-refractivity contribution in [3.63, 3.8) is 0 Å². The first-order valence-corrected chi connectivity index (χ1v) is 7.47. The van der Waals surface area contributed by atoms with Gasteiger partial charge in [0.2, 0.25) is 0 Å². The number of hydrogen-bond donors (Lipinski definition) is 0. The fraction of sp³-hybridized carbons (Fsp3) is 0.778. The third-order valence-corrected chi connectivity index (χ3v) is 4.15. The minimum Gasteiger partial charge on any atom is -0.294 e. The lowest BCUT2D eigenvalue weighted by molar-refractivity contribution is -0.139. The van der Waals surface area contributed by atoms with Crippen LogP contribution in [0.25, 0.3) is 0 Å². The van der Waals surface area contributed by atoms with Crippen molar-refractivity contribution < 1.29 is 9.59 Å². The van der Waals surface area contributed by atoms with Crippen LogP contribution in [0.3, 0.4) is 0 Å². The van der Waals surface area contributed by atoms with Gasteiger partial charge in [0.15, 0.2) is 11.6 Å². The molecule has 2 unspecified atom stereocenters. The average molecular weight is 278 g/mol. The van der Waals surface area contributed by atoms with Gasteiger partial charge in [-0.1, -0.05) is 62.3 Å². The first-order valence-electron chi connectivity index (χ1n) is 7.47. The van der Waals surface area contributed by atoms with Crippen LogP contribution in [0.2, 0.25) is 0 Å². The lowest BCUT2D eigenvalue weighted by atomic mass is 9.56. The number of Topliss-reactive ketones (excluding diaryl/α,β-unsaturated/α-hetero) is 1. The van der Waals surface area contributed by atoms with Gasteiger partial charge in [0.05, 0.1) is 0 Å². The number of rotatable bonds is 0. The van der Waals surface area contributed by atoms with Gasteiger partial charge in [-0.2, -0.15) is 0 Å². The second-order valence-corrected chi connectivity index (χ2v) is 9.26.